The van der Waals surface area contributed by atoms with Crippen LogP contribution in [0.1, 0.15) is 30.0 Å². The lowest BCUT2D eigenvalue weighted by Gasteiger charge is -2.28. The Morgan fingerprint density at radius 3 is 2.68 bits per heavy atom. The number of anilines is 1. The summed E-state index contributed by atoms with van der Waals surface area (Å²) in [5.74, 6) is 1.77. The van der Waals surface area contributed by atoms with Crippen molar-refractivity contribution < 1.29 is 9.84 Å². The van der Waals surface area contributed by atoms with Gasteiger partial charge in [-0.25, -0.2) is 15.0 Å². The van der Waals surface area contributed by atoms with Crippen LogP contribution in [0, 0.1) is 5.41 Å². The molecule has 1 aliphatic rings. The van der Waals surface area contributed by atoms with Crippen molar-refractivity contribution in [2.45, 2.75) is 19.6 Å². The summed E-state index contributed by atoms with van der Waals surface area (Å²) in [5, 5.41) is 22.5. The fraction of sp³-hybridized carbons (Fsp3) is 0.296. The van der Waals surface area contributed by atoms with E-state index in [0.29, 0.717) is 72.8 Å². The third-order valence-corrected chi connectivity index (χ3v) is 6.35. The predicted molar refractivity (Wildman–Crippen MR) is 143 cm³/mol. The second-order valence-electron chi connectivity index (χ2n) is 8.66. The van der Waals surface area contributed by atoms with Gasteiger partial charge in [0.1, 0.15) is 11.9 Å². The van der Waals surface area contributed by atoms with E-state index in [9.17, 15) is 5.11 Å². The first-order valence-electron chi connectivity index (χ1n) is 12.3. The van der Waals surface area contributed by atoms with Crippen molar-refractivity contribution in [1.29, 1.82) is 5.41 Å². The van der Waals surface area contributed by atoms with Crippen LogP contribution in [0.3, 0.4) is 0 Å². The van der Waals surface area contributed by atoms with Gasteiger partial charge < -0.3 is 30.0 Å². The van der Waals surface area contributed by atoms with Crippen LogP contribution in [-0.4, -0.2) is 68.7 Å². The highest BCUT2D eigenvalue weighted by Gasteiger charge is 2.26. The molecule has 4 heterocycles. The first-order chi connectivity index (χ1) is 18.1. The molecule has 190 valence electrons. The Morgan fingerprint density at radius 1 is 1.16 bits per heavy atom. The molecule has 0 amide bonds. The smallest absolute Gasteiger partial charge is 0.166 e. The number of morpholine rings is 1. The first kappa shape index (κ1) is 24.5. The molecule has 1 fully saturated rings. The normalized spacial score (nSPS) is 14.8. The van der Waals surface area contributed by atoms with Gasteiger partial charge in [-0.05, 0) is 43.0 Å². The third kappa shape index (κ3) is 4.93. The van der Waals surface area contributed by atoms with Crippen molar-refractivity contribution >= 4 is 22.7 Å². The highest BCUT2D eigenvalue weighted by Crippen LogP contribution is 2.32. The number of nitrogens with one attached hydrogen (secondary N) is 2. The minimum Gasteiger partial charge on any atom is -0.394 e. The number of benzene rings is 1. The van der Waals surface area contributed by atoms with Crippen molar-refractivity contribution in [2.24, 2.45) is 0 Å². The second kappa shape index (κ2) is 10.9. The van der Waals surface area contributed by atoms with E-state index in [1.54, 1.807) is 43.9 Å². The minimum atomic E-state index is -0.930. The van der Waals surface area contributed by atoms with Crippen LogP contribution in [0.5, 0.6) is 0 Å². The molecule has 0 spiro atoms. The lowest BCUT2D eigenvalue weighted by atomic mass is 10.1. The van der Waals surface area contributed by atoms with Gasteiger partial charge >= 0.3 is 0 Å². The van der Waals surface area contributed by atoms with E-state index in [1.165, 1.54) is 0 Å². The Labute approximate surface area is 215 Å². The van der Waals surface area contributed by atoms with Crippen molar-refractivity contribution in [1.82, 2.24) is 29.8 Å². The monoisotopic (exact) mass is 498 g/mol. The summed E-state index contributed by atoms with van der Waals surface area (Å²) in [6.45, 7) is 5.17. The first-order valence-corrected chi connectivity index (χ1v) is 12.3. The quantitative estimate of drug-likeness (QED) is 0.317. The molecule has 3 N–H and O–H groups in total. The number of aryl methyl sites for hydroxylation is 1. The Morgan fingerprint density at radius 2 is 1.95 bits per heavy atom. The van der Waals surface area contributed by atoms with Gasteiger partial charge in [0.05, 0.1) is 18.9 Å². The van der Waals surface area contributed by atoms with E-state index in [0.717, 1.165) is 11.1 Å². The number of aromatic nitrogens is 5. The molecular formula is C27H30N8O2. The topological polar surface area (TPSA) is 125 Å². The molecule has 1 saturated heterocycles. The third-order valence-electron chi connectivity index (χ3n) is 6.35. The van der Waals surface area contributed by atoms with E-state index < -0.39 is 6.10 Å². The maximum atomic E-state index is 11.2. The number of pyridine rings is 1. The Kier molecular flexibility index (Phi) is 7.20. The SMILES string of the molecule is CCn1c(C(O)c2ccncc2)nc2c(N3CCOCC3)nc(-c3cccc(C(=N)/C=C\NC)c3)nc21. The molecule has 5 rings (SSSR count). The molecule has 0 saturated carbocycles. The largest absolute Gasteiger partial charge is 0.394 e. The fourth-order valence-electron chi connectivity index (χ4n) is 4.43. The fourth-order valence-corrected chi connectivity index (χ4v) is 4.43. The Hall–Kier alpha value is -4.15. The number of rotatable bonds is 8. The van der Waals surface area contributed by atoms with Crippen LogP contribution < -0.4 is 10.2 Å². The van der Waals surface area contributed by atoms with Crippen molar-refractivity contribution in [3.05, 3.63) is 78.0 Å². The summed E-state index contributed by atoms with van der Waals surface area (Å²) in [5.41, 5.74) is 3.97. The molecule has 0 aliphatic carbocycles. The van der Waals surface area contributed by atoms with Gasteiger partial charge in [-0.3, -0.25) is 4.98 Å². The molecule has 0 radical (unpaired) electrons. The van der Waals surface area contributed by atoms with E-state index in [1.807, 2.05) is 35.8 Å². The number of ether oxygens (including phenoxy) is 1. The average Bonchev–Trinajstić information content (AvgIpc) is 3.34. The Bertz CT molecular complexity index is 1430. The van der Waals surface area contributed by atoms with Crippen LogP contribution in [0.2, 0.25) is 0 Å². The van der Waals surface area contributed by atoms with Crippen LogP contribution >= 0.6 is 0 Å². The standard InChI is InChI=1S/C27H30N8O2/c1-3-35-26-22(31-27(35)23(36)18-7-11-30-12-8-18)25(34-13-15-37-16-14-34)32-24(33-26)20-6-4-5-19(17-20)21(28)9-10-29-2/h4-12,17,23,28-29,36H,3,13-16H2,1-2H3/b10-9-,28-21?. The average molecular weight is 499 g/mol. The van der Waals surface area contributed by atoms with Gasteiger partial charge in [0, 0.05) is 50.2 Å². The summed E-state index contributed by atoms with van der Waals surface area (Å²) in [7, 11) is 1.80. The van der Waals surface area contributed by atoms with Crippen molar-refractivity contribution in [3.63, 3.8) is 0 Å². The van der Waals surface area contributed by atoms with Crippen LogP contribution in [0.25, 0.3) is 22.6 Å². The highest BCUT2D eigenvalue weighted by molar-refractivity contribution is 6.07. The van der Waals surface area contributed by atoms with Gasteiger partial charge in [-0.2, -0.15) is 0 Å². The molecule has 1 atom stereocenters. The highest BCUT2D eigenvalue weighted by atomic mass is 16.5. The second-order valence-corrected chi connectivity index (χ2v) is 8.66. The number of allylic oxidation sites excluding steroid dienone is 1. The zero-order chi connectivity index (χ0) is 25.8. The summed E-state index contributed by atoms with van der Waals surface area (Å²) < 4.78 is 7.52. The summed E-state index contributed by atoms with van der Waals surface area (Å²) in [4.78, 5) is 21.0. The summed E-state index contributed by atoms with van der Waals surface area (Å²) in [6.07, 6.45) is 5.82. The number of nitrogens with zero attached hydrogens (tertiary/aromatic N) is 6. The number of hydrogen-bond acceptors (Lipinski definition) is 9. The summed E-state index contributed by atoms with van der Waals surface area (Å²) >= 11 is 0. The molecule has 0 bridgehead atoms. The molecule has 37 heavy (non-hydrogen) atoms. The number of aliphatic hydroxyl groups excluding tert-OH is 1. The van der Waals surface area contributed by atoms with E-state index >= 15 is 0 Å². The predicted octanol–water partition coefficient (Wildman–Crippen LogP) is 2.93. The van der Waals surface area contributed by atoms with Crippen molar-refractivity contribution in [2.75, 3.05) is 38.3 Å². The van der Waals surface area contributed by atoms with E-state index in [-0.39, 0.29) is 0 Å². The lowest BCUT2D eigenvalue weighted by Crippen LogP contribution is -2.37. The number of aliphatic hydroxyl groups is 1. The maximum absolute atomic E-state index is 11.2. The molecular weight excluding hydrogens is 468 g/mol. The van der Waals surface area contributed by atoms with Crippen LogP contribution in [0.15, 0.2) is 61.1 Å². The zero-order valence-electron chi connectivity index (χ0n) is 20.9. The molecule has 1 unspecified atom stereocenters. The molecule has 1 aliphatic heterocycles. The maximum Gasteiger partial charge on any atom is 0.166 e. The zero-order valence-corrected chi connectivity index (χ0v) is 20.9. The number of fused-ring (bicyclic) bond motifs is 1. The van der Waals surface area contributed by atoms with Gasteiger partial charge in [0.2, 0.25) is 0 Å². The van der Waals surface area contributed by atoms with Crippen LogP contribution in [-0.2, 0) is 11.3 Å². The molecule has 10 nitrogen and oxygen atoms in total. The molecule has 10 heteroatoms. The molecule has 4 aromatic rings. The summed E-state index contributed by atoms with van der Waals surface area (Å²) in [6, 6.07) is 11.2. The van der Waals surface area contributed by atoms with E-state index in [4.69, 9.17) is 25.1 Å². The lowest BCUT2D eigenvalue weighted by molar-refractivity contribution is 0.122. The number of imidazole rings is 1. The molecule has 1 aromatic carbocycles. The van der Waals surface area contributed by atoms with Crippen LogP contribution in [0.4, 0.5) is 5.82 Å². The van der Waals surface area contributed by atoms with Crippen molar-refractivity contribution in [3.8, 4) is 11.4 Å². The Balaban J connectivity index is 1.67. The minimum absolute atomic E-state index is 0.382. The van der Waals surface area contributed by atoms with Gasteiger partial charge in [0.25, 0.3) is 0 Å². The van der Waals surface area contributed by atoms with E-state index in [2.05, 4.69) is 15.2 Å². The molecule has 3 aromatic heterocycles. The van der Waals surface area contributed by atoms with Gasteiger partial charge in [-0.1, -0.05) is 18.2 Å². The number of hydrogen-bond donors (Lipinski definition) is 3. The van der Waals surface area contributed by atoms with Gasteiger partial charge in [-0.15, -0.1) is 0 Å². The van der Waals surface area contributed by atoms with Gasteiger partial charge in [0.15, 0.2) is 22.8 Å².